The zero-order chi connectivity index (χ0) is 24.8. The van der Waals surface area contributed by atoms with Gasteiger partial charge in [0.2, 0.25) is 0 Å². The predicted octanol–water partition coefficient (Wildman–Crippen LogP) is 2.87. The molecule has 182 valence electrons. The molecule has 10 nitrogen and oxygen atoms in total. The van der Waals surface area contributed by atoms with Crippen LogP contribution in [0, 0.1) is 14.4 Å². The number of halogens is 1. The number of carbonyl (C=O) groups is 3. The highest BCUT2D eigenvalue weighted by atomic mass is 127. The maximum atomic E-state index is 13.0. The summed E-state index contributed by atoms with van der Waals surface area (Å²) in [6.45, 7) is 0.467. The summed E-state index contributed by atoms with van der Waals surface area (Å²) in [6.07, 6.45) is 5.59. The summed E-state index contributed by atoms with van der Waals surface area (Å²) >= 11 is 2.16. The molecule has 1 aromatic carbocycles. The molecular weight excluding hydrogens is 582 g/mol. The average Bonchev–Trinajstić information content (AvgIpc) is 3.28. The van der Waals surface area contributed by atoms with Crippen molar-refractivity contribution in [2.24, 2.45) is 10.8 Å². The molecule has 0 radical (unpaired) electrons. The Bertz CT molecular complexity index is 1330. The van der Waals surface area contributed by atoms with Crippen LogP contribution in [0.3, 0.4) is 0 Å². The first-order valence-corrected chi connectivity index (χ1v) is 12.9. The number of carboxylic acid groups (broad SMARTS) is 1. The average molecular weight is 606 g/mol. The summed E-state index contributed by atoms with van der Waals surface area (Å²) in [5.74, 6) is -1.18. The molecule has 3 fully saturated rings. The Hall–Kier alpha value is -2.66. The maximum Gasteiger partial charge on any atom is 0.309 e. The highest BCUT2D eigenvalue weighted by Crippen LogP contribution is 2.56. The fourth-order valence-electron chi connectivity index (χ4n) is 5.14. The molecule has 3 aliphatic rings. The fourth-order valence-corrected chi connectivity index (χ4v) is 5.84. The normalized spacial score (nSPS) is 23.3. The largest absolute Gasteiger partial charge is 0.481 e. The monoisotopic (exact) mass is 606 g/mol. The number of aromatic nitrogens is 4. The van der Waals surface area contributed by atoms with E-state index in [4.69, 9.17) is 0 Å². The number of amides is 2. The molecule has 3 aromatic rings. The number of aromatic amines is 1. The van der Waals surface area contributed by atoms with Crippen molar-refractivity contribution in [3.8, 4) is 0 Å². The van der Waals surface area contributed by atoms with Crippen LogP contribution in [0.5, 0.6) is 0 Å². The topological polar surface area (TPSA) is 150 Å². The zero-order valence-electron chi connectivity index (χ0n) is 18.7. The first-order valence-electron chi connectivity index (χ1n) is 11.3. The number of anilines is 1. The molecule has 2 heterocycles. The molecule has 4 N–H and O–H groups in total. The molecule has 1 unspecified atom stereocenters. The third-order valence-corrected chi connectivity index (χ3v) is 9.57. The lowest BCUT2D eigenvalue weighted by atomic mass is 9.53. The van der Waals surface area contributed by atoms with E-state index in [-0.39, 0.29) is 28.7 Å². The third-order valence-electron chi connectivity index (χ3n) is 7.54. The second-order valence-corrected chi connectivity index (χ2v) is 11.3. The van der Waals surface area contributed by atoms with E-state index in [9.17, 15) is 19.5 Å². The number of hydrogen-bond donors (Lipinski definition) is 4. The minimum absolute atomic E-state index is 0.0732. The number of carbonyl (C=O) groups excluding carboxylic acids is 2. The van der Waals surface area contributed by atoms with E-state index in [0.29, 0.717) is 42.4 Å². The number of aliphatic carboxylic acids is 1. The molecule has 0 aliphatic heterocycles. The van der Waals surface area contributed by atoms with Gasteiger partial charge >= 0.3 is 5.97 Å². The van der Waals surface area contributed by atoms with Crippen molar-refractivity contribution in [2.75, 3.05) is 11.9 Å². The van der Waals surface area contributed by atoms with Gasteiger partial charge in [-0.3, -0.25) is 19.5 Å². The first-order chi connectivity index (χ1) is 16.7. The number of carboxylic acids is 1. The standard InChI is InChI=1S/C23H24IN6O4P/c24-13-9-12(1-2-14(13)35)19(31)28-18-16-15(29-30-18)17(27-11-26-16)20(32)25-10-22-3-6-23(7-4-22,8-5-22)21(33)34/h1-2,9,11H,3-8,10,35H2,(H,25,32)(H,33,34)(H2,28,29,30,31). The molecule has 2 bridgehead atoms. The number of hydrogen-bond acceptors (Lipinski definition) is 6. The summed E-state index contributed by atoms with van der Waals surface area (Å²) in [5, 5.41) is 23.3. The van der Waals surface area contributed by atoms with Gasteiger partial charge in [-0.1, -0.05) is 6.07 Å². The van der Waals surface area contributed by atoms with Gasteiger partial charge in [-0.05, 0) is 84.0 Å². The molecule has 6 rings (SSSR count). The van der Waals surface area contributed by atoms with E-state index in [1.807, 2.05) is 6.07 Å². The summed E-state index contributed by atoms with van der Waals surface area (Å²) in [7, 11) is 2.61. The third kappa shape index (κ3) is 4.40. The number of fused-ring (bicyclic) bond motifs is 4. The Morgan fingerprint density at radius 2 is 1.80 bits per heavy atom. The second-order valence-electron chi connectivity index (χ2n) is 9.48. The number of rotatable bonds is 6. The lowest BCUT2D eigenvalue weighted by Crippen LogP contribution is -2.50. The lowest BCUT2D eigenvalue weighted by Gasteiger charge is -2.51. The van der Waals surface area contributed by atoms with Crippen LogP contribution < -0.4 is 15.9 Å². The van der Waals surface area contributed by atoms with Crippen LogP contribution in [0.4, 0.5) is 5.82 Å². The zero-order valence-corrected chi connectivity index (χ0v) is 22.0. The van der Waals surface area contributed by atoms with Crippen molar-refractivity contribution in [1.82, 2.24) is 25.5 Å². The van der Waals surface area contributed by atoms with Crippen molar-refractivity contribution in [3.63, 3.8) is 0 Å². The highest BCUT2D eigenvalue weighted by molar-refractivity contribution is 14.1. The van der Waals surface area contributed by atoms with Gasteiger partial charge in [-0.25, -0.2) is 9.97 Å². The Balaban J connectivity index is 1.29. The molecule has 1 atom stereocenters. The highest BCUT2D eigenvalue weighted by Gasteiger charge is 2.52. The van der Waals surface area contributed by atoms with Gasteiger partial charge in [0.05, 0.1) is 5.41 Å². The van der Waals surface area contributed by atoms with Crippen LogP contribution in [0.2, 0.25) is 0 Å². The molecule has 0 spiro atoms. The van der Waals surface area contributed by atoms with Crippen molar-refractivity contribution in [2.45, 2.75) is 38.5 Å². The number of nitrogens with zero attached hydrogens (tertiary/aromatic N) is 3. The van der Waals surface area contributed by atoms with Crippen LogP contribution in [0.1, 0.15) is 59.4 Å². The predicted molar refractivity (Wildman–Crippen MR) is 141 cm³/mol. The van der Waals surface area contributed by atoms with Crippen LogP contribution in [0.15, 0.2) is 24.5 Å². The minimum Gasteiger partial charge on any atom is -0.481 e. The smallest absolute Gasteiger partial charge is 0.309 e. The molecule has 3 aliphatic carbocycles. The number of H-pyrrole nitrogens is 1. The van der Waals surface area contributed by atoms with Gasteiger partial charge in [-0.2, -0.15) is 5.10 Å². The van der Waals surface area contributed by atoms with Gasteiger partial charge in [0.25, 0.3) is 11.8 Å². The summed E-state index contributed by atoms with van der Waals surface area (Å²) < 4.78 is 0.942. The Labute approximate surface area is 216 Å². The number of benzene rings is 1. The van der Waals surface area contributed by atoms with E-state index in [1.54, 1.807) is 12.1 Å². The van der Waals surface area contributed by atoms with Gasteiger partial charge < -0.3 is 15.7 Å². The maximum absolute atomic E-state index is 13.0. The summed E-state index contributed by atoms with van der Waals surface area (Å²) in [4.78, 5) is 45.8. The molecule has 3 saturated carbocycles. The Kier molecular flexibility index (Phi) is 6.25. The molecule has 35 heavy (non-hydrogen) atoms. The number of nitrogens with one attached hydrogen (secondary N) is 3. The van der Waals surface area contributed by atoms with Gasteiger partial charge in [0.1, 0.15) is 17.4 Å². The lowest BCUT2D eigenvalue weighted by molar-refractivity contribution is -0.158. The van der Waals surface area contributed by atoms with E-state index in [2.05, 4.69) is 62.6 Å². The summed E-state index contributed by atoms with van der Waals surface area (Å²) in [6, 6.07) is 5.34. The summed E-state index contributed by atoms with van der Waals surface area (Å²) in [5.41, 5.74) is 0.649. The molecule has 0 saturated heterocycles. The Morgan fingerprint density at radius 3 is 2.46 bits per heavy atom. The molecule has 2 amide bonds. The van der Waals surface area contributed by atoms with Gasteiger partial charge in [-0.15, -0.1) is 9.24 Å². The van der Waals surface area contributed by atoms with Crippen molar-refractivity contribution in [3.05, 3.63) is 39.4 Å². The van der Waals surface area contributed by atoms with Crippen molar-refractivity contribution in [1.29, 1.82) is 0 Å². The minimum atomic E-state index is -0.698. The van der Waals surface area contributed by atoms with E-state index < -0.39 is 11.4 Å². The van der Waals surface area contributed by atoms with Crippen LogP contribution in [0.25, 0.3) is 11.0 Å². The van der Waals surface area contributed by atoms with Crippen molar-refractivity contribution < 1.29 is 19.5 Å². The first kappa shape index (κ1) is 24.1. The van der Waals surface area contributed by atoms with E-state index in [1.165, 1.54) is 6.33 Å². The second kappa shape index (κ2) is 9.09. The van der Waals surface area contributed by atoms with E-state index in [0.717, 1.165) is 28.1 Å². The molecule has 12 heteroatoms. The van der Waals surface area contributed by atoms with Crippen LogP contribution >= 0.6 is 31.8 Å². The van der Waals surface area contributed by atoms with Crippen LogP contribution in [-0.2, 0) is 4.79 Å². The Morgan fingerprint density at radius 1 is 1.09 bits per heavy atom. The fraction of sp³-hybridized carbons (Fsp3) is 0.391. The van der Waals surface area contributed by atoms with Gasteiger partial charge in [0.15, 0.2) is 11.5 Å². The quantitative estimate of drug-likeness (QED) is 0.249. The van der Waals surface area contributed by atoms with Crippen LogP contribution in [-0.4, -0.2) is 49.6 Å². The van der Waals surface area contributed by atoms with E-state index >= 15 is 0 Å². The van der Waals surface area contributed by atoms with Crippen molar-refractivity contribution >= 4 is 71.8 Å². The molecule has 2 aromatic heterocycles. The SMILES string of the molecule is O=C(Nc1n[nH]c2c(C(=O)NCC34CCC(C(=O)O)(CC3)CC4)ncnc12)c1ccc(P)c(I)c1. The molecular formula is C23H24IN6O4P. The van der Waals surface area contributed by atoms with Gasteiger partial charge in [0, 0.05) is 15.7 Å².